The molecule has 1 aliphatic heterocycles. The van der Waals surface area contributed by atoms with Gasteiger partial charge in [0.2, 0.25) is 0 Å². The van der Waals surface area contributed by atoms with E-state index < -0.39 is 10.3 Å². The molecule has 5 rings (SSSR count). The summed E-state index contributed by atoms with van der Waals surface area (Å²) in [5.41, 5.74) is 3.97. The third-order valence-electron chi connectivity index (χ3n) is 7.15. The van der Waals surface area contributed by atoms with E-state index in [1.54, 1.807) is 6.33 Å². The van der Waals surface area contributed by atoms with Crippen molar-refractivity contribution in [2.75, 3.05) is 23.4 Å². The van der Waals surface area contributed by atoms with Crippen LogP contribution in [0.1, 0.15) is 48.9 Å². The minimum absolute atomic E-state index is 0.148. The first-order chi connectivity index (χ1) is 14.9. The number of rotatable bonds is 6. The number of hydrogen-bond donors (Lipinski definition) is 2. The molecule has 0 amide bonds. The number of fused-ring (bicyclic) bond motifs is 2. The molecule has 166 valence electrons. The lowest BCUT2D eigenvalue weighted by molar-refractivity contribution is 0.227. The highest BCUT2D eigenvalue weighted by atomic mass is 32.2. The third-order valence-corrected chi connectivity index (χ3v) is 7.62. The highest BCUT2D eigenvalue weighted by molar-refractivity contribution is 7.84. The van der Waals surface area contributed by atoms with Gasteiger partial charge in [0, 0.05) is 18.2 Å². The lowest BCUT2D eigenvalue weighted by Gasteiger charge is -2.26. The van der Waals surface area contributed by atoms with E-state index in [1.807, 2.05) is 0 Å². The molecule has 2 aromatic rings. The van der Waals surface area contributed by atoms with Crippen molar-refractivity contribution < 1.29 is 12.6 Å². The zero-order valence-electron chi connectivity index (χ0n) is 17.7. The molecule has 0 bridgehead atoms. The predicted octanol–water partition coefficient (Wildman–Crippen LogP) is 2.57. The van der Waals surface area contributed by atoms with Crippen molar-refractivity contribution in [1.29, 1.82) is 0 Å². The molecule has 0 radical (unpaired) electrons. The van der Waals surface area contributed by atoms with Gasteiger partial charge in [-0.15, -0.1) is 0 Å². The van der Waals surface area contributed by atoms with Crippen LogP contribution in [0.5, 0.6) is 0 Å². The number of benzene rings is 1. The van der Waals surface area contributed by atoms with E-state index in [2.05, 4.69) is 51.4 Å². The first kappa shape index (κ1) is 20.7. The Morgan fingerprint density at radius 2 is 2.06 bits per heavy atom. The summed E-state index contributed by atoms with van der Waals surface area (Å²) in [4.78, 5) is 11.6. The number of nitrogens with zero attached hydrogens (tertiary/aromatic N) is 3. The van der Waals surface area contributed by atoms with Crippen molar-refractivity contribution in [3.05, 3.63) is 47.3 Å². The summed E-state index contributed by atoms with van der Waals surface area (Å²) >= 11 is 0. The van der Waals surface area contributed by atoms with Gasteiger partial charge in [0.15, 0.2) is 0 Å². The second kappa shape index (κ2) is 8.03. The molecule has 2 aliphatic carbocycles. The number of aromatic nitrogens is 2. The van der Waals surface area contributed by atoms with Crippen molar-refractivity contribution in [3.63, 3.8) is 0 Å². The largest absolute Gasteiger partial charge is 0.363 e. The normalized spacial score (nSPS) is 27.4. The predicted molar refractivity (Wildman–Crippen MR) is 119 cm³/mol. The Kier molecular flexibility index (Phi) is 5.35. The Balaban J connectivity index is 1.31. The summed E-state index contributed by atoms with van der Waals surface area (Å²) in [5, 5.41) is 8.69. The zero-order valence-corrected chi connectivity index (χ0v) is 18.5. The van der Waals surface area contributed by atoms with E-state index >= 15 is 0 Å². The molecule has 0 unspecified atom stereocenters. The molecule has 2 heterocycles. The first-order valence-electron chi connectivity index (χ1n) is 11.0. The molecule has 1 aromatic carbocycles. The molecule has 3 aliphatic rings. The number of nitrogens with two attached hydrogens (primary N) is 1. The van der Waals surface area contributed by atoms with Crippen LogP contribution in [-0.2, 0) is 27.3 Å². The van der Waals surface area contributed by atoms with Crippen molar-refractivity contribution >= 4 is 21.9 Å². The minimum atomic E-state index is -3.90. The standard InChI is InChI=1S/C22H29N5O3S/c1-14-10-17(11-16(14)12-30-31(23,28)29)27-9-8-19-21(24-13-25-22(19)27)26-20-7-6-15-4-2-3-5-18(15)20/h2-5,13-14,16-17,20H,6-12H2,1H3,(H2,23,28,29)(H,24,25,26)/t14-,16-,17-,20-/m0/s1. The van der Waals surface area contributed by atoms with Crippen molar-refractivity contribution in [3.8, 4) is 0 Å². The van der Waals surface area contributed by atoms with Crippen molar-refractivity contribution in [2.24, 2.45) is 17.0 Å². The van der Waals surface area contributed by atoms with Crippen LogP contribution >= 0.6 is 0 Å². The van der Waals surface area contributed by atoms with Gasteiger partial charge in [-0.3, -0.25) is 4.18 Å². The molecular formula is C22H29N5O3S. The van der Waals surface area contributed by atoms with Crippen molar-refractivity contribution in [1.82, 2.24) is 9.97 Å². The third kappa shape index (κ3) is 4.14. The van der Waals surface area contributed by atoms with E-state index in [9.17, 15) is 8.42 Å². The van der Waals surface area contributed by atoms with Gasteiger partial charge in [-0.05, 0) is 55.1 Å². The lowest BCUT2D eigenvalue weighted by Crippen LogP contribution is -2.32. The summed E-state index contributed by atoms with van der Waals surface area (Å²) in [6.07, 6.45) is 6.60. The van der Waals surface area contributed by atoms with E-state index in [4.69, 9.17) is 9.32 Å². The van der Waals surface area contributed by atoms with Crippen LogP contribution in [0.15, 0.2) is 30.6 Å². The van der Waals surface area contributed by atoms with Gasteiger partial charge in [-0.1, -0.05) is 31.2 Å². The zero-order chi connectivity index (χ0) is 21.6. The van der Waals surface area contributed by atoms with Gasteiger partial charge in [-0.2, -0.15) is 8.42 Å². The van der Waals surface area contributed by atoms with Crippen LogP contribution < -0.4 is 15.4 Å². The number of aryl methyl sites for hydroxylation is 1. The molecular weight excluding hydrogens is 414 g/mol. The summed E-state index contributed by atoms with van der Waals surface area (Å²) in [6.45, 7) is 3.21. The summed E-state index contributed by atoms with van der Waals surface area (Å²) < 4.78 is 27.2. The molecule has 31 heavy (non-hydrogen) atoms. The second-order valence-corrected chi connectivity index (χ2v) is 10.3. The van der Waals surface area contributed by atoms with Gasteiger partial charge in [0.25, 0.3) is 0 Å². The topological polar surface area (TPSA) is 110 Å². The maximum absolute atomic E-state index is 11.2. The van der Waals surface area contributed by atoms with Crippen LogP contribution in [0.3, 0.4) is 0 Å². The Morgan fingerprint density at radius 3 is 2.90 bits per heavy atom. The average Bonchev–Trinajstić information content (AvgIpc) is 3.43. The molecule has 8 nitrogen and oxygen atoms in total. The highest BCUT2D eigenvalue weighted by Gasteiger charge is 2.39. The maximum Gasteiger partial charge on any atom is 0.333 e. The fraction of sp³-hybridized carbons (Fsp3) is 0.545. The van der Waals surface area contributed by atoms with Crippen molar-refractivity contribution in [2.45, 2.75) is 51.1 Å². The van der Waals surface area contributed by atoms with E-state index in [0.717, 1.165) is 50.3 Å². The van der Waals surface area contributed by atoms with Crippen LogP contribution in [0.4, 0.5) is 11.6 Å². The Labute approximate surface area is 183 Å². The monoisotopic (exact) mass is 443 g/mol. The Morgan fingerprint density at radius 1 is 1.23 bits per heavy atom. The fourth-order valence-electron chi connectivity index (χ4n) is 5.54. The molecule has 4 atom stereocenters. The van der Waals surface area contributed by atoms with E-state index in [1.165, 1.54) is 16.7 Å². The van der Waals surface area contributed by atoms with Crippen LogP contribution in [-0.4, -0.2) is 37.6 Å². The molecule has 3 N–H and O–H groups in total. The maximum atomic E-state index is 11.2. The smallest absolute Gasteiger partial charge is 0.333 e. The molecule has 0 saturated heterocycles. The SMILES string of the molecule is C[C@H]1C[C@H](N2CCc3c(N[C@H]4CCc5ccccc54)ncnc32)C[C@H]1COS(N)(=O)=O. The molecule has 1 aromatic heterocycles. The molecule has 0 spiro atoms. The summed E-state index contributed by atoms with van der Waals surface area (Å²) in [7, 11) is -3.90. The van der Waals surface area contributed by atoms with Crippen LogP contribution in [0, 0.1) is 11.8 Å². The van der Waals surface area contributed by atoms with Gasteiger partial charge in [-0.25, -0.2) is 15.1 Å². The average molecular weight is 444 g/mol. The number of anilines is 2. The first-order valence-corrected chi connectivity index (χ1v) is 12.5. The number of hydrogen-bond acceptors (Lipinski definition) is 7. The van der Waals surface area contributed by atoms with Crippen LogP contribution in [0.25, 0.3) is 0 Å². The van der Waals surface area contributed by atoms with Crippen LogP contribution in [0.2, 0.25) is 0 Å². The molecule has 9 heteroatoms. The lowest BCUT2D eigenvalue weighted by atomic mass is 10.00. The van der Waals surface area contributed by atoms with E-state index in [0.29, 0.717) is 12.0 Å². The minimum Gasteiger partial charge on any atom is -0.363 e. The summed E-state index contributed by atoms with van der Waals surface area (Å²) in [6, 6.07) is 9.22. The highest BCUT2D eigenvalue weighted by Crippen LogP contribution is 2.42. The van der Waals surface area contributed by atoms with Gasteiger partial charge in [0.1, 0.15) is 18.0 Å². The van der Waals surface area contributed by atoms with E-state index in [-0.39, 0.29) is 18.6 Å². The molecule has 1 fully saturated rings. The Hall–Kier alpha value is -2.23. The quantitative estimate of drug-likeness (QED) is 0.706. The fourth-order valence-corrected chi connectivity index (χ4v) is 5.90. The molecule has 1 saturated carbocycles. The Bertz CT molecular complexity index is 1080. The second-order valence-electron chi connectivity index (χ2n) is 9.04. The number of nitrogens with one attached hydrogen (secondary N) is 1. The van der Waals surface area contributed by atoms with Gasteiger partial charge in [0.05, 0.1) is 12.6 Å². The van der Waals surface area contributed by atoms with Gasteiger partial charge >= 0.3 is 10.3 Å². The van der Waals surface area contributed by atoms with Gasteiger partial charge < -0.3 is 10.2 Å². The summed E-state index contributed by atoms with van der Waals surface area (Å²) in [5.74, 6) is 2.48.